The van der Waals surface area contributed by atoms with Gasteiger partial charge in [0, 0.05) is 18.3 Å². The molecule has 1 atom stereocenters. The quantitative estimate of drug-likeness (QED) is 0.730. The van der Waals surface area contributed by atoms with Crippen molar-refractivity contribution < 1.29 is 24.2 Å². The van der Waals surface area contributed by atoms with Crippen LogP contribution in [-0.2, 0) is 14.3 Å². The third-order valence-corrected chi connectivity index (χ3v) is 4.23. The van der Waals surface area contributed by atoms with Crippen molar-refractivity contribution in [1.82, 2.24) is 10.2 Å². The Bertz CT molecular complexity index is 446. The van der Waals surface area contributed by atoms with E-state index in [9.17, 15) is 14.4 Å². The number of hydrogen-bond donors (Lipinski definition) is 2. The highest BCUT2D eigenvalue weighted by Gasteiger charge is 2.28. The van der Waals surface area contributed by atoms with Gasteiger partial charge in [-0.05, 0) is 41.5 Å². The fourth-order valence-corrected chi connectivity index (χ4v) is 2.11. The highest BCUT2D eigenvalue weighted by Crippen LogP contribution is 2.23. The van der Waals surface area contributed by atoms with Gasteiger partial charge in [0.15, 0.2) is 0 Å². The molecule has 0 aliphatic heterocycles. The summed E-state index contributed by atoms with van der Waals surface area (Å²) < 4.78 is 4.80. The molecule has 0 bridgehead atoms. The van der Waals surface area contributed by atoms with E-state index in [4.69, 9.17) is 9.84 Å². The molecule has 0 aliphatic rings. The lowest BCUT2D eigenvalue weighted by molar-refractivity contribution is -0.134. The van der Waals surface area contributed by atoms with Crippen LogP contribution in [0.25, 0.3) is 0 Å². The SMILES string of the molecule is CC(C(=O)NCC(C)(C)SCC(=O)O)N(C)C(=O)OC(C)(C)C. The van der Waals surface area contributed by atoms with Gasteiger partial charge in [0.1, 0.15) is 11.6 Å². The molecule has 2 N–H and O–H groups in total. The number of hydrogen-bond acceptors (Lipinski definition) is 5. The molecule has 0 saturated carbocycles. The number of carboxylic acids is 1. The second kappa shape index (κ2) is 8.42. The highest BCUT2D eigenvalue weighted by atomic mass is 32.2. The van der Waals surface area contributed by atoms with Crippen LogP contribution in [0.15, 0.2) is 0 Å². The molecule has 0 spiro atoms. The summed E-state index contributed by atoms with van der Waals surface area (Å²) in [7, 11) is 1.50. The number of thioether (sulfide) groups is 1. The molecule has 0 rings (SSSR count). The molecule has 0 saturated heterocycles. The van der Waals surface area contributed by atoms with Crippen molar-refractivity contribution in [3.05, 3.63) is 0 Å². The Morgan fingerprint density at radius 2 is 1.74 bits per heavy atom. The van der Waals surface area contributed by atoms with Gasteiger partial charge < -0.3 is 15.2 Å². The van der Waals surface area contributed by atoms with Gasteiger partial charge in [-0.25, -0.2) is 4.79 Å². The van der Waals surface area contributed by atoms with Gasteiger partial charge in [-0.3, -0.25) is 14.5 Å². The van der Waals surface area contributed by atoms with Crippen LogP contribution < -0.4 is 5.32 Å². The fraction of sp³-hybridized carbons (Fsp3) is 0.800. The van der Waals surface area contributed by atoms with Gasteiger partial charge >= 0.3 is 12.1 Å². The van der Waals surface area contributed by atoms with E-state index in [2.05, 4.69) is 5.32 Å². The maximum absolute atomic E-state index is 12.2. The molecule has 0 aromatic carbocycles. The number of rotatable bonds is 7. The lowest BCUT2D eigenvalue weighted by Crippen LogP contribution is -2.49. The molecular weight excluding hydrogens is 320 g/mol. The Hall–Kier alpha value is -1.44. The van der Waals surface area contributed by atoms with Crippen molar-refractivity contribution in [2.45, 2.75) is 57.9 Å². The first-order valence-electron chi connectivity index (χ1n) is 7.34. The first-order valence-corrected chi connectivity index (χ1v) is 8.33. The van der Waals surface area contributed by atoms with Crippen molar-refractivity contribution in [2.24, 2.45) is 0 Å². The smallest absolute Gasteiger partial charge is 0.410 e. The Morgan fingerprint density at radius 1 is 1.22 bits per heavy atom. The molecule has 1 unspecified atom stereocenters. The number of likely N-dealkylation sites (N-methyl/N-ethyl adjacent to an activating group) is 1. The van der Waals surface area contributed by atoms with Gasteiger partial charge in [-0.15, -0.1) is 11.8 Å². The average molecular weight is 348 g/mol. The first kappa shape index (κ1) is 21.6. The number of carboxylic acid groups (broad SMARTS) is 1. The topological polar surface area (TPSA) is 95.9 Å². The van der Waals surface area contributed by atoms with Crippen LogP contribution in [0, 0.1) is 0 Å². The predicted octanol–water partition coefficient (Wildman–Crippen LogP) is 1.95. The molecule has 134 valence electrons. The summed E-state index contributed by atoms with van der Waals surface area (Å²) in [5.74, 6) is -1.24. The first-order chi connectivity index (χ1) is 10.2. The van der Waals surface area contributed by atoms with Gasteiger partial charge in [0.2, 0.25) is 5.91 Å². The minimum atomic E-state index is -0.896. The molecule has 0 fully saturated rings. The van der Waals surface area contributed by atoms with E-state index in [1.54, 1.807) is 27.7 Å². The zero-order chi connectivity index (χ0) is 18.4. The number of ether oxygens (including phenoxy) is 1. The van der Waals surface area contributed by atoms with Crippen molar-refractivity contribution >= 4 is 29.7 Å². The zero-order valence-corrected chi connectivity index (χ0v) is 15.7. The van der Waals surface area contributed by atoms with Crippen LogP contribution in [0.2, 0.25) is 0 Å². The Labute approximate surface area is 142 Å². The second-order valence-electron chi connectivity index (χ2n) is 6.93. The monoisotopic (exact) mass is 348 g/mol. The summed E-state index contributed by atoms with van der Waals surface area (Å²) in [5, 5.41) is 11.4. The number of amides is 2. The van der Waals surface area contributed by atoms with Crippen molar-refractivity contribution in [1.29, 1.82) is 0 Å². The summed E-state index contributed by atoms with van der Waals surface area (Å²) in [5.41, 5.74) is -0.628. The van der Waals surface area contributed by atoms with Gasteiger partial charge in [0.25, 0.3) is 0 Å². The van der Waals surface area contributed by atoms with Crippen molar-refractivity contribution in [3.63, 3.8) is 0 Å². The van der Waals surface area contributed by atoms with Crippen molar-refractivity contribution in [3.8, 4) is 0 Å². The maximum Gasteiger partial charge on any atom is 0.410 e. The van der Waals surface area contributed by atoms with E-state index in [0.717, 1.165) is 0 Å². The molecule has 0 radical (unpaired) electrons. The summed E-state index contributed by atoms with van der Waals surface area (Å²) in [6.45, 7) is 10.9. The summed E-state index contributed by atoms with van der Waals surface area (Å²) in [6, 6.07) is -0.690. The van der Waals surface area contributed by atoms with Gasteiger partial charge in [-0.1, -0.05) is 0 Å². The van der Waals surface area contributed by atoms with Crippen LogP contribution in [-0.4, -0.2) is 63.7 Å². The molecule has 0 aromatic heterocycles. The lowest BCUT2D eigenvalue weighted by Gasteiger charge is -2.29. The van der Waals surface area contributed by atoms with E-state index in [0.29, 0.717) is 6.54 Å². The Balaban J connectivity index is 4.49. The lowest BCUT2D eigenvalue weighted by atomic mass is 10.2. The van der Waals surface area contributed by atoms with Crippen LogP contribution in [0.1, 0.15) is 41.5 Å². The zero-order valence-electron chi connectivity index (χ0n) is 14.9. The molecule has 0 heterocycles. The van der Waals surface area contributed by atoms with Crippen LogP contribution in [0.4, 0.5) is 4.79 Å². The predicted molar refractivity (Wildman–Crippen MR) is 90.6 cm³/mol. The highest BCUT2D eigenvalue weighted by molar-refractivity contribution is 8.01. The third-order valence-electron chi connectivity index (χ3n) is 2.92. The number of carbonyl (C=O) groups is 3. The molecular formula is C15H28N2O5S. The van der Waals surface area contributed by atoms with E-state index in [1.165, 1.54) is 23.7 Å². The molecule has 0 aromatic rings. The maximum atomic E-state index is 12.2. The normalized spacial score (nSPS) is 13.2. The molecule has 2 amide bonds. The molecule has 0 aliphatic carbocycles. The van der Waals surface area contributed by atoms with E-state index < -0.39 is 28.5 Å². The van der Waals surface area contributed by atoms with E-state index in [-0.39, 0.29) is 11.7 Å². The van der Waals surface area contributed by atoms with Gasteiger partial charge in [-0.2, -0.15) is 0 Å². The summed E-state index contributed by atoms with van der Waals surface area (Å²) in [6.07, 6.45) is -0.570. The fourth-order valence-electron chi connectivity index (χ4n) is 1.42. The summed E-state index contributed by atoms with van der Waals surface area (Å²) >= 11 is 1.24. The van der Waals surface area contributed by atoms with Crippen LogP contribution >= 0.6 is 11.8 Å². The van der Waals surface area contributed by atoms with Gasteiger partial charge in [0.05, 0.1) is 5.75 Å². The minimum Gasteiger partial charge on any atom is -0.481 e. The van der Waals surface area contributed by atoms with E-state index in [1.807, 2.05) is 13.8 Å². The molecule has 23 heavy (non-hydrogen) atoms. The van der Waals surface area contributed by atoms with Crippen molar-refractivity contribution in [2.75, 3.05) is 19.3 Å². The Morgan fingerprint density at radius 3 is 2.17 bits per heavy atom. The molecule has 7 nitrogen and oxygen atoms in total. The number of aliphatic carboxylic acids is 1. The molecule has 8 heteroatoms. The average Bonchev–Trinajstić information content (AvgIpc) is 2.39. The standard InChI is InChI=1S/C15H28N2O5S/c1-10(17(7)13(21)22-14(2,3)4)12(20)16-9-15(5,6)23-8-11(18)19/h10H,8-9H2,1-7H3,(H,16,20)(H,18,19). The number of nitrogens with zero attached hydrogens (tertiary/aromatic N) is 1. The van der Waals surface area contributed by atoms with Crippen LogP contribution in [0.3, 0.4) is 0 Å². The van der Waals surface area contributed by atoms with Crippen LogP contribution in [0.5, 0.6) is 0 Å². The van der Waals surface area contributed by atoms with E-state index >= 15 is 0 Å². The Kier molecular flexibility index (Phi) is 7.90. The summed E-state index contributed by atoms with van der Waals surface area (Å²) in [4.78, 5) is 35.9. The number of carbonyl (C=O) groups excluding carboxylic acids is 2. The third kappa shape index (κ3) is 9.32. The minimum absolute atomic E-state index is 0.0315. The number of nitrogens with one attached hydrogen (secondary N) is 1. The largest absolute Gasteiger partial charge is 0.481 e. The second-order valence-corrected chi connectivity index (χ2v) is 8.61.